The molecule has 0 N–H and O–H groups in total. The zero-order chi connectivity index (χ0) is 23.2. The van der Waals surface area contributed by atoms with Crippen molar-refractivity contribution < 1.29 is 32.2 Å². The van der Waals surface area contributed by atoms with Gasteiger partial charge in [-0.15, -0.1) is 0 Å². The molecule has 2 aromatic rings. The van der Waals surface area contributed by atoms with Gasteiger partial charge in [0, 0.05) is 24.6 Å². The average Bonchev–Trinajstić information content (AvgIpc) is 2.68. The Balaban J connectivity index is 2.26. The number of halogens is 3. The molecular weight excluding hydrogens is 415 g/mol. The van der Waals surface area contributed by atoms with Crippen molar-refractivity contribution in [3.8, 4) is 0 Å². The Morgan fingerprint density at radius 1 is 1.13 bits per heavy atom. The molecule has 1 heterocycles. The van der Waals surface area contributed by atoms with E-state index < -0.39 is 36.0 Å². The maximum atomic E-state index is 12.9. The van der Waals surface area contributed by atoms with E-state index in [9.17, 15) is 22.8 Å². The summed E-state index contributed by atoms with van der Waals surface area (Å²) in [5.41, 5.74) is -0.341. The van der Waals surface area contributed by atoms with Gasteiger partial charge in [0.25, 0.3) is 0 Å². The van der Waals surface area contributed by atoms with Crippen molar-refractivity contribution >= 4 is 17.7 Å². The monoisotopic (exact) mass is 439 g/mol. The number of hydrogen-bond donors (Lipinski definition) is 0. The summed E-state index contributed by atoms with van der Waals surface area (Å²) in [5, 5.41) is 0. The summed E-state index contributed by atoms with van der Waals surface area (Å²) in [6.45, 7) is 6.52. The van der Waals surface area contributed by atoms with Gasteiger partial charge in [0.05, 0.1) is 18.1 Å². The minimum atomic E-state index is -4.50. The van der Waals surface area contributed by atoms with E-state index in [2.05, 4.69) is 9.97 Å². The molecule has 0 saturated carbocycles. The maximum Gasteiger partial charge on any atom is 0.416 e. The van der Waals surface area contributed by atoms with E-state index in [0.29, 0.717) is 0 Å². The van der Waals surface area contributed by atoms with Crippen LogP contribution in [-0.4, -0.2) is 40.8 Å². The summed E-state index contributed by atoms with van der Waals surface area (Å²) >= 11 is 0. The largest absolute Gasteiger partial charge is 0.460 e. The van der Waals surface area contributed by atoms with Gasteiger partial charge >= 0.3 is 18.2 Å². The minimum absolute atomic E-state index is 0.109. The van der Waals surface area contributed by atoms with Crippen LogP contribution in [0.2, 0.25) is 0 Å². The zero-order valence-electron chi connectivity index (χ0n) is 17.6. The van der Waals surface area contributed by atoms with Gasteiger partial charge in [0.2, 0.25) is 6.10 Å². The summed E-state index contributed by atoms with van der Waals surface area (Å²) in [6.07, 6.45) is -4.29. The fraction of sp³-hybridized carbons (Fsp3) is 0.429. The fourth-order valence-corrected chi connectivity index (χ4v) is 2.80. The molecule has 0 radical (unpaired) electrons. The second kappa shape index (κ2) is 10.2. The molecule has 10 heteroatoms. The Kier molecular flexibility index (Phi) is 7.95. The predicted octanol–water partition coefficient (Wildman–Crippen LogP) is 4.33. The molecule has 0 fully saturated rings. The van der Waals surface area contributed by atoms with Crippen molar-refractivity contribution in [1.82, 2.24) is 9.97 Å². The first-order chi connectivity index (χ1) is 14.5. The molecule has 0 saturated heterocycles. The third-order valence-electron chi connectivity index (χ3n) is 4.20. The summed E-state index contributed by atoms with van der Waals surface area (Å²) in [7, 11) is 0. The quantitative estimate of drug-likeness (QED) is 0.598. The van der Waals surface area contributed by atoms with Crippen molar-refractivity contribution in [2.45, 2.75) is 52.5 Å². The number of ether oxygens (including phenoxy) is 2. The lowest BCUT2D eigenvalue weighted by Gasteiger charge is -2.25. The summed E-state index contributed by atoms with van der Waals surface area (Å²) in [4.78, 5) is 34.5. The lowest BCUT2D eigenvalue weighted by Crippen LogP contribution is -2.39. The molecule has 2 rings (SSSR count). The number of amides is 1. The normalized spacial score (nSPS) is 12.4. The number of aromatic nitrogens is 2. The topological polar surface area (TPSA) is 81.6 Å². The number of alkyl halides is 3. The van der Waals surface area contributed by atoms with Crippen molar-refractivity contribution in [3.05, 3.63) is 53.6 Å². The van der Waals surface area contributed by atoms with E-state index in [1.54, 1.807) is 26.8 Å². The number of benzene rings is 1. The maximum absolute atomic E-state index is 12.9. The van der Waals surface area contributed by atoms with Crippen LogP contribution in [-0.2, 0) is 26.9 Å². The molecule has 0 spiro atoms. The van der Waals surface area contributed by atoms with Crippen molar-refractivity contribution in [2.24, 2.45) is 0 Å². The zero-order valence-corrected chi connectivity index (χ0v) is 17.6. The molecular formula is C21H24F3N3O4. The Morgan fingerprint density at radius 3 is 2.29 bits per heavy atom. The van der Waals surface area contributed by atoms with Gasteiger partial charge in [0.1, 0.15) is 5.82 Å². The van der Waals surface area contributed by atoms with E-state index in [-0.39, 0.29) is 30.0 Å². The lowest BCUT2D eigenvalue weighted by molar-refractivity contribution is -0.157. The van der Waals surface area contributed by atoms with Crippen LogP contribution in [0.4, 0.5) is 23.7 Å². The number of carbonyl (C=O) groups excluding carboxylic acids is 2. The van der Waals surface area contributed by atoms with E-state index in [1.807, 2.05) is 0 Å². The molecule has 1 unspecified atom stereocenters. The summed E-state index contributed by atoms with van der Waals surface area (Å²) in [6, 6.07) is 4.64. The Morgan fingerprint density at radius 2 is 1.77 bits per heavy atom. The van der Waals surface area contributed by atoms with Crippen LogP contribution >= 0.6 is 0 Å². The van der Waals surface area contributed by atoms with E-state index in [1.165, 1.54) is 25.4 Å². The molecule has 7 nitrogen and oxygen atoms in total. The van der Waals surface area contributed by atoms with Gasteiger partial charge in [0.15, 0.2) is 0 Å². The average molecular weight is 439 g/mol. The Bertz CT molecular complexity index is 904. The summed E-state index contributed by atoms with van der Waals surface area (Å²) < 4.78 is 49.4. The van der Waals surface area contributed by atoms with Gasteiger partial charge in [-0.3, -0.25) is 4.90 Å². The van der Waals surface area contributed by atoms with Crippen molar-refractivity contribution in [2.75, 3.05) is 11.4 Å². The van der Waals surface area contributed by atoms with Crippen LogP contribution in [0, 0.1) is 6.92 Å². The van der Waals surface area contributed by atoms with Gasteiger partial charge in [-0.05, 0) is 57.5 Å². The van der Waals surface area contributed by atoms with Crippen LogP contribution < -0.4 is 4.90 Å². The van der Waals surface area contributed by atoms with Crippen molar-refractivity contribution in [3.63, 3.8) is 0 Å². The minimum Gasteiger partial charge on any atom is -0.460 e. The van der Waals surface area contributed by atoms with Gasteiger partial charge in [-0.1, -0.05) is 0 Å². The van der Waals surface area contributed by atoms with Crippen LogP contribution in [0.15, 0.2) is 36.7 Å². The van der Waals surface area contributed by atoms with Crippen LogP contribution in [0.5, 0.6) is 0 Å². The Labute approximate surface area is 178 Å². The first-order valence-electron chi connectivity index (χ1n) is 9.65. The molecule has 1 amide bonds. The van der Waals surface area contributed by atoms with Gasteiger partial charge in [-0.2, -0.15) is 13.2 Å². The SMILES string of the molecule is CCN(C(=O)OC(Cc1ncccn1)C(=O)OC(C)C)c1ccc(C(F)(F)F)cc1C. The molecule has 0 aliphatic heterocycles. The van der Waals surface area contributed by atoms with Gasteiger partial charge in [-0.25, -0.2) is 19.6 Å². The molecule has 1 aromatic carbocycles. The molecule has 0 bridgehead atoms. The second-order valence-corrected chi connectivity index (χ2v) is 6.97. The predicted molar refractivity (Wildman–Crippen MR) is 106 cm³/mol. The number of esters is 1. The highest BCUT2D eigenvalue weighted by molar-refractivity contribution is 5.90. The number of rotatable bonds is 7. The molecule has 0 aliphatic carbocycles. The highest BCUT2D eigenvalue weighted by Gasteiger charge is 2.33. The number of aryl methyl sites for hydroxylation is 1. The summed E-state index contributed by atoms with van der Waals surface area (Å²) in [5.74, 6) is -0.495. The first kappa shape index (κ1) is 24.1. The van der Waals surface area contributed by atoms with Crippen LogP contribution in [0.25, 0.3) is 0 Å². The van der Waals surface area contributed by atoms with E-state index in [4.69, 9.17) is 9.47 Å². The fourth-order valence-electron chi connectivity index (χ4n) is 2.80. The second-order valence-electron chi connectivity index (χ2n) is 6.97. The molecule has 31 heavy (non-hydrogen) atoms. The van der Waals surface area contributed by atoms with E-state index in [0.717, 1.165) is 17.0 Å². The van der Waals surface area contributed by atoms with Crippen LogP contribution in [0.1, 0.15) is 37.7 Å². The first-order valence-corrected chi connectivity index (χ1v) is 9.65. The van der Waals surface area contributed by atoms with E-state index >= 15 is 0 Å². The highest BCUT2D eigenvalue weighted by atomic mass is 19.4. The number of anilines is 1. The smallest absolute Gasteiger partial charge is 0.416 e. The van der Waals surface area contributed by atoms with Crippen molar-refractivity contribution in [1.29, 1.82) is 0 Å². The molecule has 0 aliphatic rings. The molecule has 1 atom stereocenters. The highest BCUT2D eigenvalue weighted by Crippen LogP contribution is 2.33. The lowest BCUT2D eigenvalue weighted by atomic mass is 10.1. The third-order valence-corrected chi connectivity index (χ3v) is 4.20. The standard InChI is InChI=1S/C21H24F3N3O4/c1-5-27(16-8-7-15(11-14(16)4)21(22,23)24)20(29)31-17(19(28)30-13(2)3)12-18-25-9-6-10-26-18/h6-11,13,17H,5,12H2,1-4H3. The third kappa shape index (κ3) is 6.66. The number of nitrogens with zero attached hydrogens (tertiary/aromatic N) is 3. The van der Waals surface area contributed by atoms with Gasteiger partial charge < -0.3 is 9.47 Å². The van der Waals surface area contributed by atoms with Crippen LogP contribution in [0.3, 0.4) is 0 Å². The number of carbonyl (C=O) groups is 2. The molecule has 168 valence electrons. The number of hydrogen-bond acceptors (Lipinski definition) is 6. The molecule has 1 aromatic heterocycles. The Hall–Kier alpha value is -3.17.